The van der Waals surface area contributed by atoms with E-state index in [2.05, 4.69) is 9.88 Å². The molecular weight excluding hydrogens is 344 g/mol. The monoisotopic (exact) mass is 362 g/mol. The average molecular weight is 362 g/mol. The molecule has 1 aromatic carbocycles. The first-order valence-corrected chi connectivity index (χ1v) is 9.75. The second-order valence-corrected chi connectivity index (χ2v) is 8.56. The van der Waals surface area contributed by atoms with E-state index in [0.29, 0.717) is 5.76 Å². The SMILES string of the molecule is Cc1noc(-c2cc(S(=O)(=O)NCc3ccccc3)c(C)s2)c1C. The first-order valence-electron chi connectivity index (χ1n) is 7.46. The van der Waals surface area contributed by atoms with Crippen molar-refractivity contribution in [1.29, 1.82) is 0 Å². The van der Waals surface area contributed by atoms with E-state index in [-0.39, 0.29) is 11.4 Å². The summed E-state index contributed by atoms with van der Waals surface area (Å²) in [5, 5.41) is 3.94. The second-order valence-electron chi connectivity index (χ2n) is 5.56. The highest BCUT2D eigenvalue weighted by Crippen LogP contribution is 2.35. The molecule has 0 aliphatic heterocycles. The van der Waals surface area contributed by atoms with E-state index in [4.69, 9.17) is 4.52 Å². The number of rotatable bonds is 5. The van der Waals surface area contributed by atoms with Gasteiger partial charge in [-0.25, -0.2) is 13.1 Å². The van der Waals surface area contributed by atoms with Crippen LogP contribution in [-0.2, 0) is 16.6 Å². The zero-order chi connectivity index (χ0) is 17.3. The summed E-state index contributed by atoms with van der Waals surface area (Å²) in [6.07, 6.45) is 0. The first kappa shape index (κ1) is 16.9. The van der Waals surface area contributed by atoms with Crippen molar-refractivity contribution in [3.05, 3.63) is 58.1 Å². The van der Waals surface area contributed by atoms with Crippen LogP contribution in [0.3, 0.4) is 0 Å². The van der Waals surface area contributed by atoms with E-state index >= 15 is 0 Å². The minimum absolute atomic E-state index is 0.258. The van der Waals surface area contributed by atoms with E-state index in [0.717, 1.165) is 26.6 Å². The van der Waals surface area contributed by atoms with E-state index < -0.39 is 10.0 Å². The van der Waals surface area contributed by atoms with Crippen LogP contribution in [0.15, 0.2) is 45.8 Å². The smallest absolute Gasteiger partial charge is 0.241 e. The normalized spacial score (nSPS) is 11.8. The van der Waals surface area contributed by atoms with Crippen LogP contribution in [0.2, 0.25) is 0 Å². The van der Waals surface area contributed by atoms with Gasteiger partial charge in [-0.05, 0) is 32.4 Å². The Morgan fingerprint density at radius 1 is 1.17 bits per heavy atom. The minimum Gasteiger partial charge on any atom is -0.355 e. The molecule has 0 spiro atoms. The van der Waals surface area contributed by atoms with Crippen molar-refractivity contribution in [2.45, 2.75) is 32.2 Å². The van der Waals surface area contributed by atoms with Crippen LogP contribution in [0.5, 0.6) is 0 Å². The number of sulfonamides is 1. The van der Waals surface area contributed by atoms with E-state index in [1.54, 1.807) is 13.0 Å². The number of aromatic nitrogens is 1. The van der Waals surface area contributed by atoms with Crippen molar-refractivity contribution in [1.82, 2.24) is 9.88 Å². The first-order chi connectivity index (χ1) is 11.4. The fraction of sp³-hybridized carbons (Fsp3) is 0.235. The third-order valence-electron chi connectivity index (χ3n) is 3.85. The Labute approximate surface area is 145 Å². The summed E-state index contributed by atoms with van der Waals surface area (Å²) in [4.78, 5) is 1.77. The number of thiophene rings is 1. The third-order valence-corrected chi connectivity index (χ3v) is 6.56. The second kappa shape index (κ2) is 6.51. The van der Waals surface area contributed by atoms with Gasteiger partial charge < -0.3 is 4.52 Å². The van der Waals surface area contributed by atoms with Gasteiger partial charge in [0.05, 0.1) is 15.5 Å². The molecule has 3 rings (SSSR count). The standard InChI is InChI=1S/C17H18N2O3S2/c1-11-12(2)19-22-17(11)15-9-16(13(3)23-15)24(20,21)18-10-14-7-5-4-6-8-14/h4-9,18H,10H2,1-3H3. The predicted octanol–water partition coefficient (Wildman–Crippen LogP) is 3.81. The van der Waals surface area contributed by atoms with Crippen LogP contribution in [0, 0.1) is 20.8 Å². The highest BCUT2D eigenvalue weighted by Gasteiger charge is 2.22. The Morgan fingerprint density at radius 3 is 2.50 bits per heavy atom. The molecule has 7 heteroatoms. The highest BCUT2D eigenvalue weighted by atomic mass is 32.2. The Hall–Kier alpha value is -1.96. The van der Waals surface area contributed by atoms with Crippen molar-refractivity contribution in [3.8, 4) is 10.6 Å². The van der Waals surface area contributed by atoms with Gasteiger partial charge in [-0.1, -0.05) is 35.5 Å². The summed E-state index contributed by atoms with van der Waals surface area (Å²) in [6.45, 7) is 5.83. The van der Waals surface area contributed by atoms with Crippen LogP contribution in [-0.4, -0.2) is 13.6 Å². The number of benzene rings is 1. The Kier molecular flexibility index (Phi) is 4.58. The topological polar surface area (TPSA) is 72.2 Å². The number of nitrogens with one attached hydrogen (secondary N) is 1. The lowest BCUT2D eigenvalue weighted by molar-refractivity contribution is 0.427. The van der Waals surface area contributed by atoms with E-state index in [1.807, 2.05) is 44.2 Å². The lowest BCUT2D eigenvalue weighted by Crippen LogP contribution is -2.23. The number of hydrogen-bond acceptors (Lipinski definition) is 5. The van der Waals surface area contributed by atoms with Gasteiger partial charge in [0.25, 0.3) is 0 Å². The number of aryl methyl sites for hydroxylation is 2. The molecule has 0 radical (unpaired) electrons. The van der Waals surface area contributed by atoms with Crippen molar-refractivity contribution in [2.75, 3.05) is 0 Å². The molecule has 24 heavy (non-hydrogen) atoms. The molecule has 0 bridgehead atoms. The highest BCUT2D eigenvalue weighted by molar-refractivity contribution is 7.89. The lowest BCUT2D eigenvalue weighted by atomic mass is 10.2. The van der Waals surface area contributed by atoms with Gasteiger partial charge in [0.2, 0.25) is 10.0 Å². The molecule has 0 saturated heterocycles. The van der Waals surface area contributed by atoms with Gasteiger partial charge in [0, 0.05) is 17.0 Å². The van der Waals surface area contributed by atoms with Gasteiger partial charge >= 0.3 is 0 Å². The zero-order valence-electron chi connectivity index (χ0n) is 13.7. The molecule has 0 aliphatic carbocycles. The van der Waals surface area contributed by atoms with E-state index in [9.17, 15) is 8.42 Å². The number of nitrogens with zero attached hydrogens (tertiary/aromatic N) is 1. The van der Waals surface area contributed by atoms with E-state index in [1.165, 1.54) is 11.3 Å². The van der Waals surface area contributed by atoms with Gasteiger partial charge in [-0.15, -0.1) is 11.3 Å². The molecule has 0 unspecified atom stereocenters. The maximum absolute atomic E-state index is 12.6. The van der Waals surface area contributed by atoms with Crippen molar-refractivity contribution >= 4 is 21.4 Å². The summed E-state index contributed by atoms with van der Waals surface area (Å²) in [5.41, 5.74) is 2.65. The van der Waals surface area contributed by atoms with Gasteiger partial charge in [-0.3, -0.25) is 0 Å². The summed E-state index contributed by atoms with van der Waals surface area (Å²) >= 11 is 1.39. The van der Waals surface area contributed by atoms with Gasteiger partial charge in [0.15, 0.2) is 5.76 Å². The molecule has 126 valence electrons. The summed E-state index contributed by atoms with van der Waals surface area (Å²) < 4.78 is 33.2. The quantitative estimate of drug-likeness (QED) is 0.749. The fourth-order valence-corrected chi connectivity index (χ4v) is 4.98. The fourth-order valence-electron chi connectivity index (χ4n) is 2.34. The summed E-state index contributed by atoms with van der Waals surface area (Å²) in [5.74, 6) is 0.630. The Balaban J connectivity index is 1.87. The van der Waals surface area contributed by atoms with Crippen LogP contribution in [0.1, 0.15) is 21.7 Å². The van der Waals surface area contributed by atoms with Crippen molar-refractivity contribution < 1.29 is 12.9 Å². The van der Waals surface area contributed by atoms with Gasteiger partial charge in [0.1, 0.15) is 0 Å². The van der Waals surface area contributed by atoms with Crippen LogP contribution >= 0.6 is 11.3 Å². The largest absolute Gasteiger partial charge is 0.355 e. The Morgan fingerprint density at radius 2 is 1.88 bits per heavy atom. The number of hydrogen-bond donors (Lipinski definition) is 1. The molecule has 0 aliphatic rings. The third kappa shape index (κ3) is 3.28. The maximum atomic E-state index is 12.6. The summed E-state index contributed by atoms with van der Waals surface area (Å²) in [7, 11) is -3.58. The van der Waals surface area contributed by atoms with Crippen LogP contribution in [0.25, 0.3) is 10.6 Å². The van der Waals surface area contributed by atoms with Crippen molar-refractivity contribution in [2.24, 2.45) is 0 Å². The zero-order valence-corrected chi connectivity index (χ0v) is 15.3. The van der Waals surface area contributed by atoms with Crippen LogP contribution in [0.4, 0.5) is 0 Å². The molecule has 0 saturated carbocycles. The van der Waals surface area contributed by atoms with Crippen molar-refractivity contribution in [3.63, 3.8) is 0 Å². The summed E-state index contributed by atoms with van der Waals surface area (Å²) in [6, 6.07) is 11.1. The maximum Gasteiger partial charge on any atom is 0.241 e. The molecule has 1 N–H and O–H groups in total. The predicted molar refractivity (Wildman–Crippen MR) is 94.5 cm³/mol. The molecule has 0 fully saturated rings. The van der Waals surface area contributed by atoms with Crippen LogP contribution < -0.4 is 4.72 Å². The molecule has 2 heterocycles. The molecule has 0 atom stereocenters. The van der Waals surface area contributed by atoms with Gasteiger partial charge in [-0.2, -0.15) is 0 Å². The molecule has 0 amide bonds. The molecule has 2 aromatic heterocycles. The molecule has 5 nitrogen and oxygen atoms in total. The lowest BCUT2D eigenvalue weighted by Gasteiger charge is -2.06. The Bertz CT molecular complexity index is 957. The minimum atomic E-state index is -3.58. The average Bonchev–Trinajstić information content (AvgIpc) is 3.10. The molecular formula is C17H18N2O3S2. The molecule has 3 aromatic rings.